The summed E-state index contributed by atoms with van der Waals surface area (Å²) in [6.45, 7) is -1.07. The lowest BCUT2D eigenvalue weighted by atomic mass is 10.1. The van der Waals surface area contributed by atoms with Gasteiger partial charge in [-0.3, -0.25) is 29.3 Å². The zero-order valence-corrected chi connectivity index (χ0v) is 21.3. The van der Waals surface area contributed by atoms with Crippen molar-refractivity contribution in [1.29, 1.82) is 0 Å². The molecule has 0 heterocycles. The third kappa shape index (κ3) is 8.58. The lowest BCUT2D eigenvalue weighted by molar-refractivity contribution is -0.384. The molecule has 12 heteroatoms. The number of carbonyl (C=O) groups excluding carboxylic acids is 5. The van der Waals surface area contributed by atoms with Crippen LogP contribution in [0.3, 0.4) is 0 Å². The summed E-state index contributed by atoms with van der Waals surface area (Å²) >= 11 is 0. The summed E-state index contributed by atoms with van der Waals surface area (Å²) in [5, 5.41) is 13.4. The first-order valence-corrected chi connectivity index (χ1v) is 11.8. The molecule has 0 saturated heterocycles. The molecular formula is C28H24N2O10. The molecule has 1 amide bonds. The second kappa shape index (κ2) is 14.0. The molecule has 0 unspecified atom stereocenters. The third-order valence-electron chi connectivity index (χ3n) is 5.45. The number of hydrogen-bond acceptors (Lipinski definition) is 10. The summed E-state index contributed by atoms with van der Waals surface area (Å²) in [5.41, 5.74) is 0.583. The molecule has 0 aliphatic rings. The van der Waals surface area contributed by atoms with Gasteiger partial charge in [0.2, 0.25) is 11.7 Å². The largest absolute Gasteiger partial charge is 0.497 e. The topological polar surface area (TPSA) is 168 Å². The number of Topliss-reactive ketones (excluding diaryl/α,β-unsaturated/α-hetero) is 2. The van der Waals surface area contributed by atoms with Crippen LogP contribution in [0.4, 0.5) is 11.4 Å². The molecule has 40 heavy (non-hydrogen) atoms. The Hall–Kier alpha value is -5.39. The van der Waals surface area contributed by atoms with Gasteiger partial charge in [0.15, 0.2) is 19.0 Å². The Kier molecular flexibility index (Phi) is 10.2. The number of ether oxygens (including phenoxy) is 3. The van der Waals surface area contributed by atoms with Crippen molar-refractivity contribution in [3.8, 4) is 5.75 Å². The number of anilines is 1. The first-order chi connectivity index (χ1) is 19.2. The molecule has 0 aliphatic heterocycles. The summed E-state index contributed by atoms with van der Waals surface area (Å²) in [6.07, 6.45) is -0.441. The van der Waals surface area contributed by atoms with Crippen molar-refractivity contribution in [2.45, 2.75) is 12.8 Å². The standard InChI is InChI=1S/C28H24N2O10/c1-38-23-11-7-18(8-12-23)24(31)16-39-27(34)14-13-26(33)29-21-9-5-19(6-10-21)28(35)40-17-25(32)20-3-2-4-22(15-20)30(36)37/h2-12,15H,13-14,16-17H2,1H3,(H,29,33). The molecule has 0 radical (unpaired) electrons. The van der Waals surface area contributed by atoms with E-state index in [2.05, 4.69) is 5.32 Å². The predicted octanol–water partition coefficient (Wildman–Crippen LogP) is 3.79. The van der Waals surface area contributed by atoms with Crippen LogP contribution in [0, 0.1) is 10.1 Å². The Morgan fingerprint density at radius 1 is 0.775 bits per heavy atom. The molecule has 0 bridgehead atoms. The van der Waals surface area contributed by atoms with Crippen molar-refractivity contribution in [3.63, 3.8) is 0 Å². The van der Waals surface area contributed by atoms with Crippen molar-refractivity contribution >= 4 is 40.8 Å². The number of methoxy groups -OCH3 is 1. The van der Waals surface area contributed by atoms with E-state index in [9.17, 15) is 34.1 Å². The van der Waals surface area contributed by atoms with E-state index in [0.717, 1.165) is 6.07 Å². The van der Waals surface area contributed by atoms with Gasteiger partial charge in [0.25, 0.3) is 5.69 Å². The van der Waals surface area contributed by atoms with E-state index in [1.54, 1.807) is 24.3 Å². The van der Waals surface area contributed by atoms with Crippen LogP contribution in [0.15, 0.2) is 72.8 Å². The van der Waals surface area contributed by atoms with Gasteiger partial charge in [-0.1, -0.05) is 12.1 Å². The van der Waals surface area contributed by atoms with Crippen molar-refractivity contribution in [1.82, 2.24) is 0 Å². The summed E-state index contributed by atoms with van der Waals surface area (Å²) in [4.78, 5) is 70.8. The SMILES string of the molecule is COc1ccc(C(=O)COC(=O)CCC(=O)Nc2ccc(C(=O)OCC(=O)c3cccc([N+](=O)[O-])c3)cc2)cc1. The van der Waals surface area contributed by atoms with Crippen molar-refractivity contribution in [2.75, 3.05) is 25.6 Å². The number of nitrogens with one attached hydrogen (secondary N) is 1. The van der Waals surface area contributed by atoms with E-state index in [0.29, 0.717) is 17.0 Å². The summed E-state index contributed by atoms with van der Waals surface area (Å²) < 4.78 is 14.9. The maximum absolute atomic E-state index is 12.2. The minimum absolute atomic E-state index is 0.0350. The molecule has 0 aliphatic carbocycles. The molecule has 1 N–H and O–H groups in total. The smallest absolute Gasteiger partial charge is 0.338 e. The number of hydrogen-bond donors (Lipinski definition) is 1. The quantitative estimate of drug-likeness (QED) is 0.144. The summed E-state index contributed by atoms with van der Waals surface area (Å²) in [6, 6.07) is 17.0. The predicted molar refractivity (Wildman–Crippen MR) is 140 cm³/mol. The number of amides is 1. The monoisotopic (exact) mass is 548 g/mol. The van der Waals surface area contributed by atoms with Gasteiger partial charge in [-0.15, -0.1) is 0 Å². The van der Waals surface area contributed by atoms with Crippen LogP contribution in [0.25, 0.3) is 0 Å². The number of ketones is 2. The number of nitro benzene ring substituents is 1. The normalized spacial score (nSPS) is 10.2. The molecular weight excluding hydrogens is 524 g/mol. The highest BCUT2D eigenvalue weighted by Crippen LogP contribution is 2.15. The average Bonchev–Trinajstić information content (AvgIpc) is 2.97. The van der Waals surface area contributed by atoms with Gasteiger partial charge >= 0.3 is 11.9 Å². The van der Waals surface area contributed by atoms with Crippen LogP contribution < -0.4 is 10.1 Å². The van der Waals surface area contributed by atoms with Gasteiger partial charge < -0.3 is 19.5 Å². The number of nitro groups is 1. The third-order valence-corrected chi connectivity index (χ3v) is 5.45. The molecule has 12 nitrogen and oxygen atoms in total. The zero-order valence-electron chi connectivity index (χ0n) is 21.3. The van der Waals surface area contributed by atoms with E-state index < -0.39 is 47.5 Å². The molecule has 0 fully saturated rings. The van der Waals surface area contributed by atoms with Crippen LogP contribution in [0.2, 0.25) is 0 Å². The van der Waals surface area contributed by atoms with Crippen LogP contribution in [0.1, 0.15) is 43.9 Å². The first kappa shape index (κ1) is 29.2. The molecule has 3 aromatic carbocycles. The van der Waals surface area contributed by atoms with Crippen molar-refractivity contribution < 1.29 is 43.1 Å². The average molecular weight is 549 g/mol. The zero-order chi connectivity index (χ0) is 29.1. The number of carbonyl (C=O) groups is 5. The second-order valence-corrected chi connectivity index (χ2v) is 8.24. The Labute approximate surface area is 228 Å². The minimum atomic E-state index is -0.802. The van der Waals surface area contributed by atoms with Crippen molar-refractivity contribution in [3.05, 3.63) is 99.6 Å². The summed E-state index contributed by atoms with van der Waals surface area (Å²) in [7, 11) is 1.50. The first-order valence-electron chi connectivity index (χ1n) is 11.8. The molecule has 0 saturated carbocycles. The Bertz CT molecular complexity index is 1420. The molecule has 206 valence electrons. The fourth-order valence-corrected chi connectivity index (χ4v) is 3.30. The second-order valence-electron chi connectivity index (χ2n) is 8.24. The fourth-order valence-electron chi connectivity index (χ4n) is 3.30. The van der Waals surface area contributed by atoms with Crippen LogP contribution >= 0.6 is 0 Å². The highest BCUT2D eigenvalue weighted by molar-refractivity contribution is 6.00. The highest BCUT2D eigenvalue weighted by Gasteiger charge is 2.16. The number of esters is 2. The number of non-ortho nitro benzene ring substituents is 1. The maximum atomic E-state index is 12.2. The van der Waals surface area contributed by atoms with Gasteiger partial charge in [-0.2, -0.15) is 0 Å². The van der Waals surface area contributed by atoms with Gasteiger partial charge in [0.05, 0.1) is 24.0 Å². The molecule has 0 atom stereocenters. The van der Waals surface area contributed by atoms with E-state index in [4.69, 9.17) is 14.2 Å². The van der Waals surface area contributed by atoms with Crippen molar-refractivity contribution in [2.24, 2.45) is 0 Å². The summed E-state index contributed by atoms with van der Waals surface area (Å²) in [5.74, 6) is -2.42. The van der Waals surface area contributed by atoms with Crippen LogP contribution in [-0.4, -0.2) is 54.7 Å². The number of nitrogens with zero attached hydrogens (tertiary/aromatic N) is 1. The molecule has 0 spiro atoms. The van der Waals surface area contributed by atoms with Gasteiger partial charge in [0, 0.05) is 35.4 Å². The van der Waals surface area contributed by atoms with Gasteiger partial charge in [-0.05, 0) is 48.5 Å². The van der Waals surface area contributed by atoms with Gasteiger partial charge in [-0.25, -0.2) is 4.79 Å². The Balaban J connectivity index is 1.39. The maximum Gasteiger partial charge on any atom is 0.338 e. The van der Waals surface area contributed by atoms with Gasteiger partial charge in [0.1, 0.15) is 5.75 Å². The number of rotatable bonds is 13. The van der Waals surface area contributed by atoms with E-state index in [1.807, 2.05) is 0 Å². The Morgan fingerprint density at radius 2 is 1.40 bits per heavy atom. The highest BCUT2D eigenvalue weighted by atomic mass is 16.6. The Morgan fingerprint density at radius 3 is 2.05 bits per heavy atom. The minimum Gasteiger partial charge on any atom is -0.497 e. The van der Waals surface area contributed by atoms with Crippen LogP contribution in [-0.2, 0) is 19.1 Å². The molecule has 3 aromatic rings. The van der Waals surface area contributed by atoms with Crippen LogP contribution in [0.5, 0.6) is 5.75 Å². The molecule has 0 aromatic heterocycles. The molecule has 3 rings (SSSR count). The lowest BCUT2D eigenvalue weighted by Crippen LogP contribution is -2.17. The lowest BCUT2D eigenvalue weighted by Gasteiger charge is -2.08. The van der Waals surface area contributed by atoms with E-state index in [-0.39, 0.29) is 29.7 Å². The fraction of sp³-hybridized carbons (Fsp3) is 0.179. The number of benzene rings is 3. The van der Waals surface area contributed by atoms with E-state index >= 15 is 0 Å². The van der Waals surface area contributed by atoms with E-state index in [1.165, 1.54) is 49.6 Å².